The van der Waals surface area contributed by atoms with Gasteiger partial charge < -0.3 is 10.6 Å². The minimum atomic E-state index is -0.00736. The fraction of sp³-hybridized carbons (Fsp3) is 0.625. The van der Waals surface area contributed by atoms with Crippen LogP contribution < -0.4 is 10.6 Å². The van der Waals surface area contributed by atoms with Gasteiger partial charge in [-0.25, -0.2) is 0 Å². The van der Waals surface area contributed by atoms with Crippen molar-refractivity contribution in [1.29, 1.82) is 0 Å². The summed E-state index contributed by atoms with van der Waals surface area (Å²) in [5, 5.41) is 6.41. The Labute approximate surface area is 142 Å². The molecular weight excluding hydrogens is 320 g/mol. The molecule has 0 spiro atoms. The molecule has 1 aromatic rings. The Morgan fingerprint density at radius 3 is 2.68 bits per heavy atom. The van der Waals surface area contributed by atoms with Crippen molar-refractivity contribution in [2.75, 3.05) is 6.54 Å². The zero-order valence-electron chi connectivity index (χ0n) is 13.4. The molecule has 6 heteroatoms. The first-order chi connectivity index (χ1) is 9.95. The summed E-state index contributed by atoms with van der Waals surface area (Å²) in [6.07, 6.45) is 2.50. The van der Waals surface area contributed by atoms with Crippen molar-refractivity contribution >= 4 is 35.4 Å². The molecule has 22 heavy (non-hydrogen) atoms. The van der Waals surface area contributed by atoms with Crippen LogP contribution in [0.5, 0.6) is 0 Å². The number of thiophene rings is 1. The fourth-order valence-corrected chi connectivity index (χ4v) is 3.77. The van der Waals surface area contributed by atoms with Gasteiger partial charge in [-0.15, -0.1) is 23.7 Å². The molecular formula is C16H25ClN2O2S. The molecule has 0 aliphatic carbocycles. The molecule has 1 saturated heterocycles. The molecule has 2 atom stereocenters. The van der Waals surface area contributed by atoms with Gasteiger partial charge in [0.15, 0.2) is 5.78 Å². The highest BCUT2D eigenvalue weighted by molar-refractivity contribution is 7.12. The van der Waals surface area contributed by atoms with E-state index in [1.54, 1.807) is 11.3 Å². The highest BCUT2D eigenvalue weighted by Crippen LogP contribution is 2.22. The summed E-state index contributed by atoms with van der Waals surface area (Å²) < 4.78 is 0. The van der Waals surface area contributed by atoms with Crippen LogP contribution in [-0.2, 0) is 4.79 Å². The molecule has 2 heterocycles. The molecule has 4 nitrogen and oxygen atoms in total. The van der Waals surface area contributed by atoms with Crippen LogP contribution in [0.1, 0.15) is 52.7 Å². The van der Waals surface area contributed by atoms with Crippen LogP contribution in [0.15, 0.2) is 6.07 Å². The van der Waals surface area contributed by atoms with Crippen LogP contribution in [0.3, 0.4) is 0 Å². The van der Waals surface area contributed by atoms with Gasteiger partial charge in [0, 0.05) is 40.2 Å². The van der Waals surface area contributed by atoms with Gasteiger partial charge in [0.2, 0.25) is 5.91 Å². The molecule has 2 N–H and O–H groups in total. The lowest BCUT2D eigenvalue weighted by Gasteiger charge is -2.28. The van der Waals surface area contributed by atoms with Gasteiger partial charge in [0.25, 0.3) is 0 Å². The highest BCUT2D eigenvalue weighted by Gasteiger charge is 2.20. The van der Waals surface area contributed by atoms with Crippen molar-refractivity contribution < 1.29 is 9.59 Å². The number of Topliss-reactive ketones (excluding diaryl/α,β-unsaturated/α-hetero) is 1. The average Bonchev–Trinajstić information content (AvgIpc) is 2.75. The van der Waals surface area contributed by atoms with E-state index in [2.05, 4.69) is 17.6 Å². The number of piperidine rings is 1. The standard InChI is InChI=1S/C16H24N2O2S.ClH/c1-10-8-13(6-7-17-10)18-16(20)5-4-15(19)14-9-11(2)21-12(14)3;/h9-10,13,17H,4-8H2,1-3H3,(H,18,20);1H. The van der Waals surface area contributed by atoms with E-state index < -0.39 is 0 Å². The number of carbonyl (C=O) groups is 2. The van der Waals surface area contributed by atoms with E-state index in [0.717, 1.165) is 34.7 Å². The van der Waals surface area contributed by atoms with Gasteiger partial charge in [-0.1, -0.05) is 0 Å². The average molecular weight is 345 g/mol. The minimum Gasteiger partial charge on any atom is -0.353 e. The number of ketones is 1. The van der Waals surface area contributed by atoms with Gasteiger partial charge in [-0.3, -0.25) is 9.59 Å². The fourth-order valence-electron chi connectivity index (χ4n) is 2.83. The summed E-state index contributed by atoms with van der Waals surface area (Å²) in [7, 11) is 0. The Morgan fingerprint density at radius 1 is 1.36 bits per heavy atom. The first-order valence-electron chi connectivity index (χ1n) is 7.58. The van der Waals surface area contributed by atoms with E-state index in [1.165, 1.54) is 0 Å². The number of carbonyl (C=O) groups excluding carboxylic acids is 2. The molecule has 124 valence electrons. The zero-order chi connectivity index (χ0) is 15.4. The van der Waals surface area contributed by atoms with Crippen molar-refractivity contribution in [2.45, 2.75) is 58.5 Å². The molecule has 0 radical (unpaired) electrons. The van der Waals surface area contributed by atoms with E-state index in [9.17, 15) is 9.59 Å². The number of halogens is 1. The van der Waals surface area contributed by atoms with Crippen LogP contribution in [-0.4, -0.2) is 30.3 Å². The number of nitrogens with one attached hydrogen (secondary N) is 2. The predicted molar refractivity (Wildman–Crippen MR) is 93.2 cm³/mol. The van der Waals surface area contributed by atoms with Crippen LogP contribution in [0, 0.1) is 13.8 Å². The van der Waals surface area contributed by atoms with Gasteiger partial charge in [-0.2, -0.15) is 0 Å². The number of aryl methyl sites for hydroxylation is 2. The van der Waals surface area contributed by atoms with E-state index in [0.29, 0.717) is 12.5 Å². The molecule has 1 aliphatic heterocycles. The van der Waals surface area contributed by atoms with E-state index >= 15 is 0 Å². The topological polar surface area (TPSA) is 58.2 Å². The molecule has 1 amide bonds. The summed E-state index contributed by atoms with van der Waals surface area (Å²) in [4.78, 5) is 26.3. The van der Waals surface area contributed by atoms with E-state index in [-0.39, 0.29) is 36.6 Å². The van der Waals surface area contributed by atoms with E-state index in [4.69, 9.17) is 0 Å². The monoisotopic (exact) mass is 344 g/mol. The summed E-state index contributed by atoms with van der Waals surface area (Å²) >= 11 is 1.63. The van der Waals surface area contributed by atoms with Crippen molar-refractivity contribution in [2.24, 2.45) is 0 Å². The molecule has 0 bridgehead atoms. The number of amides is 1. The molecule has 1 fully saturated rings. The number of hydrogen-bond donors (Lipinski definition) is 2. The third-order valence-corrected chi connectivity index (χ3v) is 4.88. The summed E-state index contributed by atoms with van der Waals surface area (Å²) in [6, 6.07) is 2.62. The molecule has 0 aromatic carbocycles. The lowest BCUT2D eigenvalue weighted by atomic mass is 10.00. The van der Waals surface area contributed by atoms with E-state index in [1.807, 2.05) is 19.9 Å². The highest BCUT2D eigenvalue weighted by atomic mass is 35.5. The molecule has 2 unspecified atom stereocenters. The summed E-state index contributed by atoms with van der Waals surface area (Å²) in [6.45, 7) is 7.03. The van der Waals surface area contributed by atoms with Crippen molar-refractivity contribution in [3.63, 3.8) is 0 Å². The third kappa shape index (κ3) is 5.38. The first kappa shape index (κ1) is 19.1. The summed E-state index contributed by atoms with van der Waals surface area (Å²) in [5.74, 6) is 0.0673. The zero-order valence-corrected chi connectivity index (χ0v) is 15.0. The SMILES string of the molecule is Cc1cc(C(=O)CCC(=O)NC2CCNC(C)C2)c(C)s1.Cl. The lowest BCUT2D eigenvalue weighted by molar-refractivity contribution is -0.122. The maximum absolute atomic E-state index is 12.1. The van der Waals surface area contributed by atoms with Crippen molar-refractivity contribution in [1.82, 2.24) is 10.6 Å². The second-order valence-electron chi connectivity index (χ2n) is 5.89. The van der Waals surface area contributed by atoms with Crippen LogP contribution in [0.25, 0.3) is 0 Å². The second-order valence-corrected chi connectivity index (χ2v) is 7.35. The normalized spacial score (nSPS) is 21.0. The lowest BCUT2D eigenvalue weighted by Crippen LogP contribution is -2.46. The predicted octanol–water partition coefficient (Wildman–Crippen LogP) is 3.01. The molecule has 1 aromatic heterocycles. The second kappa shape index (κ2) is 8.65. The maximum atomic E-state index is 12.1. The quantitative estimate of drug-likeness (QED) is 0.807. The summed E-state index contributed by atoms with van der Waals surface area (Å²) in [5.41, 5.74) is 0.779. The smallest absolute Gasteiger partial charge is 0.220 e. The van der Waals surface area contributed by atoms with Crippen LogP contribution in [0.2, 0.25) is 0 Å². The van der Waals surface area contributed by atoms with Crippen molar-refractivity contribution in [3.05, 3.63) is 21.4 Å². The van der Waals surface area contributed by atoms with Gasteiger partial charge >= 0.3 is 0 Å². The van der Waals surface area contributed by atoms with Crippen LogP contribution in [0.4, 0.5) is 0 Å². The maximum Gasteiger partial charge on any atom is 0.220 e. The third-order valence-electron chi connectivity index (χ3n) is 3.91. The molecule has 2 rings (SSSR count). The minimum absolute atomic E-state index is 0. The first-order valence-corrected chi connectivity index (χ1v) is 8.40. The Bertz CT molecular complexity index is 530. The van der Waals surface area contributed by atoms with Gasteiger partial charge in [0.05, 0.1) is 0 Å². The van der Waals surface area contributed by atoms with Crippen LogP contribution >= 0.6 is 23.7 Å². The van der Waals surface area contributed by atoms with Crippen molar-refractivity contribution in [3.8, 4) is 0 Å². The number of hydrogen-bond acceptors (Lipinski definition) is 4. The van der Waals surface area contributed by atoms with Gasteiger partial charge in [0.1, 0.15) is 0 Å². The Hall–Kier alpha value is -0.910. The molecule has 1 aliphatic rings. The Morgan fingerprint density at radius 2 is 2.09 bits per heavy atom. The Kier molecular flexibility index (Phi) is 7.53. The van der Waals surface area contributed by atoms with Gasteiger partial charge in [-0.05, 0) is 46.2 Å². The molecule has 0 saturated carbocycles. The Balaban J connectivity index is 0.00000242. The number of rotatable bonds is 5. The largest absolute Gasteiger partial charge is 0.353 e.